The average Bonchev–Trinajstić information content (AvgIpc) is 2.45. The van der Waals surface area contributed by atoms with Crippen LogP contribution in [0.1, 0.15) is 51.4 Å². The maximum Gasteiger partial charge on any atom is 0.117 e. The summed E-state index contributed by atoms with van der Waals surface area (Å²) in [4.78, 5) is 0. The van der Waals surface area contributed by atoms with E-state index in [0.29, 0.717) is 25.3 Å². The molecule has 0 saturated heterocycles. The summed E-state index contributed by atoms with van der Waals surface area (Å²) in [5, 5.41) is 22.7. The van der Waals surface area contributed by atoms with E-state index < -0.39 is 12.5 Å². The lowest BCUT2D eigenvalue weighted by atomic mass is 9.84. The Morgan fingerprint density at radius 1 is 1.05 bits per heavy atom. The molecule has 1 rings (SSSR count). The molecule has 4 atom stereocenters. The molecular weight excluding hydrogens is 256 g/mol. The van der Waals surface area contributed by atoms with Crippen molar-refractivity contribution in [3.05, 3.63) is 0 Å². The van der Waals surface area contributed by atoms with Gasteiger partial charge in [0.1, 0.15) is 12.5 Å². The standard InChI is InChI=1S/C14H32N4O2/c15-9-11(16)6-7-13(19)18-12(14(17)20)8-10-4-2-1-3-5-10/h10-14,18-20H,1-9,15-17H2/t11?,12-,13?,14?/m0/s1. The van der Waals surface area contributed by atoms with Crippen molar-refractivity contribution in [2.75, 3.05) is 6.54 Å². The first-order valence-corrected chi connectivity index (χ1v) is 7.86. The molecule has 120 valence electrons. The second kappa shape index (κ2) is 9.65. The van der Waals surface area contributed by atoms with Crippen molar-refractivity contribution in [1.82, 2.24) is 5.32 Å². The Labute approximate surface area is 122 Å². The first-order chi connectivity index (χ1) is 9.52. The number of hydrogen-bond donors (Lipinski definition) is 6. The van der Waals surface area contributed by atoms with Gasteiger partial charge < -0.3 is 27.4 Å². The minimum absolute atomic E-state index is 0.0916. The van der Waals surface area contributed by atoms with Crippen LogP contribution in [0.2, 0.25) is 0 Å². The number of nitrogens with one attached hydrogen (secondary N) is 1. The van der Waals surface area contributed by atoms with Crippen molar-refractivity contribution in [2.45, 2.75) is 75.9 Å². The highest BCUT2D eigenvalue weighted by Gasteiger charge is 2.24. The highest BCUT2D eigenvalue weighted by Crippen LogP contribution is 2.27. The van der Waals surface area contributed by atoms with Crippen LogP contribution in [0, 0.1) is 5.92 Å². The van der Waals surface area contributed by atoms with Crippen molar-refractivity contribution in [3.8, 4) is 0 Å². The summed E-state index contributed by atoms with van der Waals surface area (Å²) in [5.74, 6) is 0.595. The fourth-order valence-electron chi connectivity index (χ4n) is 2.91. The normalized spacial score (nSPS) is 23.2. The van der Waals surface area contributed by atoms with Crippen molar-refractivity contribution in [3.63, 3.8) is 0 Å². The molecule has 0 aromatic carbocycles. The summed E-state index contributed by atoms with van der Waals surface area (Å²) in [5.41, 5.74) is 16.8. The smallest absolute Gasteiger partial charge is 0.117 e. The summed E-state index contributed by atoms with van der Waals surface area (Å²) in [6, 6.07) is -0.353. The Kier molecular flexibility index (Phi) is 8.60. The molecule has 6 nitrogen and oxygen atoms in total. The Bertz CT molecular complexity index is 247. The summed E-state index contributed by atoms with van der Waals surface area (Å²) >= 11 is 0. The molecule has 1 fully saturated rings. The molecule has 0 aromatic rings. The lowest BCUT2D eigenvalue weighted by Crippen LogP contribution is -2.50. The van der Waals surface area contributed by atoms with E-state index in [9.17, 15) is 10.2 Å². The van der Waals surface area contributed by atoms with Gasteiger partial charge in [-0.2, -0.15) is 0 Å². The van der Waals surface area contributed by atoms with E-state index in [1.807, 2.05) is 0 Å². The van der Waals surface area contributed by atoms with Gasteiger partial charge in [0.15, 0.2) is 0 Å². The van der Waals surface area contributed by atoms with E-state index in [1.54, 1.807) is 0 Å². The van der Waals surface area contributed by atoms with Crippen molar-refractivity contribution >= 4 is 0 Å². The Hall–Kier alpha value is -0.240. The van der Waals surface area contributed by atoms with E-state index in [0.717, 1.165) is 6.42 Å². The highest BCUT2D eigenvalue weighted by atomic mass is 16.3. The van der Waals surface area contributed by atoms with Crippen molar-refractivity contribution in [1.29, 1.82) is 0 Å². The average molecular weight is 288 g/mol. The largest absolute Gasteiger partial charge is 0.379 e. The van der Waals surface area contributed by atoms with Crippen LogP contribution in [0.25, 0.3) is 0 Å². The molecule has 0 heterocycles. The van der Waals surface area contributed by atoms with Crippen LogP contribution in [0.3, 0.4) is 0 Å². The molecule has 0 radical (unpaired) electrons. The van der Waals surface area contributed by atoms with Crippen LogP contribution in [0.4, 0.5) is 0 Å². The molecule has 1 aliphatic rings. The van der Waals surface area contributed by atoms with Crippen LogP contribution in [0.15, 0.2) is 0 Å². The van der Waals surface area contributed by atoms with Crippen LogP contribution >= 0.6 is 0 Å². The Morgan fingerprint density at radius 3 is 2.25 bits per heavy atom. The minimum Gasteiger partial charge on any atom is -0.379 e. The predicted molar refractivity (Wildman–Crippen MR) is 80.6 cm³/mol. The first-order valence-electron chi connectivity index (χ1n) is 7.86. The fourth-order valence-corrected chi connectivity index (χ4v) is 2.91. The van der Waals surface area contributed by atoms with Gasteiger partial charge in [-0.25, -0.2) is 0 Å². The van der Waals surface area contributed by atoms with Crippen molar-refractivity contribution < 1.29 is 10.2 Å². The summed E-state index contributed by atoms with van der Waals surface area (Å²) in [7, 11) is 0. The highest BCUT2D eigenvalue weighted by molar-refractivity contribution is 4.79. The van der Waals surface area contributed by atoms with Gasteiger partial charge in [0, 0.05) is 18.6 Å². The van der Waals surface area contributed by atoms with Crippen LogP contribution in [-0.2, 0) is 0 Å². The second-order valence-corrected chi connectivity index (χ2v) is 6.09. The lowest BCUT2D eigenvalue weighted by molar-refractivity contribution is 0.0499. The molecule has 1 saturated carbocycles. The number of hydrogen-bond acceptors (Lipinski definition) is 6. The third kappa shape index (κ3) is 6.97. The molecule has 0 aliphatic heterocycles. The monoisotopic (exact) mass is 288 g/mol. The van der Waals surface area contributed by atoms with Gasteiger partial charge in [-0.3, -0.25) is 5.32 Å². The first kappa shape index (κ1) is 17.8. The van der Waals surface area contributed by atoms with E-state index in [1.165, 1.54) is 32.1 Å². The van der Waals surface area contributed by atoms with Crippen LogP contribution in [-0.4, -0.2) is 41.3 Å². The van der Waals surface area contributed by atoms with Gasteiger partial charge in [0.2, 0.25) is 0 Å². The maximum absolute atomic E-state index is 9.97. The van der Waals surface area contributed by atoms with Gasteiger partial charge >= 0.3 is 0 Å². The van der Waals surface area contributed by atoms with Gasteiger partial charge in [-0.05, 0) is 25.2 Å². The van der Waals surface area contributed by atoms with Crippen molar-refractivity contribution in [2.24, 2.45) is 23.1 Å². The quantitative estimate of drug-likeness (QED) is 0.319. The SMILES string of the molecule is NCC(N)CCC(O)N[C@@H](CC1CCCCC1)C(N)O. The van der Waals surface area contributed by atoms with Gasteiger partial charge in [0.05, 0.1) is 0 Å². The molecule has 6 heteroatoms. The Morgan fingerprint density at radius 2 is 1.70 bits per heavy atom. The number of rotatable bonds is 9. The van der Waals surface area contributed by atoms with E-state index in [-0.39, 0.29) is 12.1 Å². The molecule has 0 bridgehead atoms. The molecular formula is C14H32N4O2. The maximum atomic E-state index is 9.97. The molecule has 0 spiro atoms. The minimum atomic E-state index is -0.949. The third-order valence-corrected chi connectivity index (χ3v) is 4.24. The molecule has 20 heavy (non-hydrogen) atoms. The van der Waals surface area contributed by atoms with Gasteiger partial charge in [-0.15, -0.1) is 0 Å². The van der Waals surface area contributed by atoms with E-state index in [4.69, 9.17) is 17.2 Å². The lowest BCUT2D eigenvalue weighted by Gasteiger charge is -2.30. The fraction of sp³-hybridized carbons (Fsp3) is 1.00. The molecule has 1 aliphatic carbocycles. The number of aliphatic hydroxyl groups is 2. The Balaban J connectivity index is 2.33. The predicted octanol–water partition coefficient (Wildman–Crippen LogP) is -0.423. The zero-order valence-corrected chi connectivity index (χ0v) is 12.4. The zero-order chi connectivity index (χ0) is 15.0. The topological polar surface area (TPSA) is 131 Å². The number of nitrogens with two attached hydrogens (primary N) is 3. The van der Waals surface area contributed by atoms with Crippen LogP contribution in [0.5, 0.6) is 0 Å². The summed E-state index contributed by atoms with van der Waals surface area (Å²) in [6.07, 6.45) is 6.55. The van der Waals surface area contributed by atoms with Gasteiger partial charge in [0.25, 0.3) is 0 Å². The second-order valence-electron chi connectivity index (χ2n) is 6.09. The van der Waals surface area contributed by atoms with Crippen LogP contribution < -0.4 is 22.5 Å². The van der Waals surface area contributed by atoms with Gasteiger partial charge in [-0.1, -0.05) is 32.1 Å². The summed E-state index contributed by atoms with van der Waals surface area (Å²) in [6.45, 7) is 0.414. The third-order valence-electron chi connectivity index (χ3n) is 4.24. The summed E-state index contributed by atoms with van der Waals surface area (Å²) < 4.78 is 0. The van der Waals surface area contributed by atoms with E-state index >= 15 is 0 Å². The zero-order valence-electron chi connectivity index (χ0n) is 12.4. The number of aliphatic hydroxyl groups excluding tert-OH is 2. The molecule has 0 amide bonds. The molecule has 9 N–H and O–H groups in total. The molecule has 0 aromatic heterocycles. The van der Waals surface area contributed by atoms with E-state index in [2.05, 4.69) is 5.32 Å². The molecule has 3 unspecified atom stereocenters.